The maximum atomic E-state index is 13.4. The van der Waals surface area contributed by atoms with Crippen LogP contribution in [-0.2, 0) is 0 Å². The van der Waals surface area contributed by atoms with Crippen molar-refractivity contribution >= 4 is 23.5 Å². The normalized spacial score (nSPS) is 18.6. The fourth-order valence-electron chi connectivity index (χ4n) is 3.82. The SMILES string of the molecule is C[C@@H]1CCCN(C(=O)c2ccc(-c3nccc(F)n3)cc2)[C@@H]1CNc1ncc(Cl)cn1. The molecule has 7 nitrogen and oxygen atoms in total. The lowest BCUT2D eigenvalue weighted by Gasteiger charge is -2.40. The van der Waals surface area contributed by atoms with Crippen molar-refractivity contribution in [2.24, 2.45) is 5.92 Å². The van der Waals surface area contributed by atoms with Gasteiger partial charge >= 0.3 is 0 Å². The van der Waals surface area contributed by atoms with Crippen LogP contribution in [0.3, 0.4) is 0 Å². The van der Waals surface area contributed by atoms with Crippen molar-refractivity contribution in [2.75, 3.05) is 18.4 Å². The number of aromatic nitrogens is 4. The average molecular weight is 441 g/mol. The van der Waals surface area contributed by atoms with Crippen LogP contribution in [0.2, 0.25) is 5.02 Å². The second kappa shape index (κ2) is 9.34. The third-order valence-electron chi connectivity index (χ3n) is 5.48. The Morgan fingerprint density at radius 3 is 2.65 bits per heavy atom. The van der Waals surface area contributed by atoms with Crippen LogP contribution in [-0.4, -0.2) is 49.9 Å². The van der Waals surface area contributed by atoms with Crippen molar-refractivity contribution in [3.63, 3.8) is 0 Å². The van der Waals surface area contributed by atoms with E-state index in [1.54, 1.807) is 24.3 Å². The zero-order valence-electron chi connectivity index (χ0n) is 17.0. The van der Waals surface area contributed by atoms with E-state index in [2.05, 4.69) is 32.2 Å². The second-order valence-electron chi connectivity index (χ2n) is 7.57. The number of carbonyl (C=O) groups excluding carboxylic acids is 1. The highest BCUT2D eigenvalue weighted by Crippen LogP contribution is 2.26. The molecule has 0 saturated carbocycles. The number of amides is 1. The molecule has 2 aromatic heterocycles. The fraction of sp³-hybridized carbons (Fsp3) is 0.318. The molecule has 0 bridgehead atoms. The summed E-state index contributed by atoms with van der Waals surface area (Å²) >= 11 is 5.84. The Balaban J connectivity index is 1.49. The second-order valence-corrected chi connectivity index (χ2v) is 8.01. The Morgan fingerprint density at radius 2 is 1.94 bits per heavy atom. The number of halogens is 2. The molecule has 1 amide bonds. The van der Waals surface area contributed by atoms with E-state index in [4.69, 9.17) is 11.6 Å². The highest BCUT2D eigenvalue weighted by Gasteiger charge is 2.32. The minimum absolute atomic E-state index is 0.00626. The minimum atomic E-state index is -0.590. The molecule has 1 aliphatic heterocycles. The molecule has 3 heterocycles. The minimum Gasteiger partial charge on any atom is -0.352 e. The molecule has 160 valence electrons. The van der Waals surface area contributed by atoms with Crippen LogP contribution in [0.15, 0.2) is 48.9 Å². The highest BCUT2D eigenvalue weighted by molar-refractivity contribution is 6.30. The molecule has 0 spiro atoms. The topological polar surface area (TPSA) is 83.9 Å². The Kier molecular flexibility index (Phi) is 6.36. The summed E-state index contributed by atoms with van der Waals surface area (Å²) in [5.41, 5.74) is 1.23. The van der Waals surface area contributed by atoms with Crippen LogP contribution in [0.1, 0.15) is 30.1 Å². The lowest BCUT2D eigenvalue weighted by molar-refractivity contribution is 0.0540. The number of hydrogen-bond donors (Lipinski definition) is 1. The maximum Gasteiger partial charge on any atom is 0.254 e. The quantitative estimate of drug-likeness (QED) is 0.602. The van der Waals surface area contributed by atoms with E-state index in [1.165, 1.54) is 24.7 Å². The molecule has 1 N–H and O–H groups in total. The van der Waals surface area contributed by atoms with Gasteiger partial charge < -0.3 is 10.2 Å². The zero-order chi connectivity index (χ0) is 21.8. The molecule has 1 aromatic carbocycles. The van der Waals surface area contributed by atoms with Gasteiger partial charge in [0.1, 0.15) is 0 Å². The van der Waals surface area contributed by atoms with E-state index in [9.17, 15) is 9.18 Å². The van der Waals surface area contributed by atoms with Gasteiger partial charge in [-0.2, -0.15) is 9.37 Å². The highest BCUT2D eigenvalue weighted by atomic mass is 35.5. The van der Waals surface area contributed by atoms with Crippen LogP contribution in [0.4, 0.5) is 10.3 Å². The molecule has 1 aliphatic rings. The van der Waals surface area contributed by atoms with Crippen molar-refractivity contribution in [1.29, 1.82) is 0 Å². The first-order valence-corrected chi connectivity index (χ1v) is 10.5. The molecule has 0 unspecified atom stereocenters. The summed E-state index contributed by atoms with van der Waals surface area (Å²) in [7, 11) is 0. The van der Waals surface area contributed by atoms with Crippen molar-refractivity contribution in [3.8, 4) is 11.4 Å². The number of nitrogens with one attached hydrogen (secondary N) is 1. The summed E-state index contributed by atoms with van der Waals surface area (Å²) in [5, 5.41) is 3.69. The van der Waals surface area contributed by atoms with E-state index < -0.39 is 5.95 Å². The Hall–Kier alpha value is -3.13. The van der Waals surface area contributed by atoms with Gasteiger partial charge in [-0.15, -0.1) is 0 Å². The first-order chi connectivity index (χ1) is 15.0. The van der Waals surface area contributed by atoms with Crippen molar-refractivity contribution in [3.05, 3.63) is 65.5 Å². The molecule has 3 aromatic rings. The van der Waals surface area contributed by atoms with Gasteiger partial charge in [0.2, 0.25) is 11.9 Å². The standard InChI is InChI=1S/C22H22ClFN6O/c1-14-3-2-10-30(18(14)13-28-22-26-11-17(23)12-27-22)21(31)16-6-4-15(5-7-16)20-25-9-8-19(24)29-20/h4-9,11-12,14,18H,2-3,10,13H2,1H3,(H,26,27,28)/t14-,18-/m1/s1. The van der Waals surface area contributed by atoms with Crippen LogP contribution >= 0.6 is 11.6 Å². The number of benzene rings is 1. The smallest absolute Gasteiger partial charge is 0.254 e. The first-order valence-electron chi connectivity index (χ1n) is 10.1. The van der Waals surface area contributed by atoms with Crippen LogP contribution in [0, 0.1) is 11.9 Å². The van der Waals surface area contributed by atoms with Crippen molar-refractivity contribution in [1.82, 2.24) is 24.8 Å². The number of carbonyl (C=O) groups is 1. The van der Waals surface area contributed by atoms with Gasteiger partial charge in [-0.25, -0.2) is 15.0 Å². The molecule has 0 aliphatic carbocycles. The summed E-state index contributed by atoms with van der Waals surface area (Å²) < 4.78 is 13.4. The van der Waals surface area contributed by atoms with Crippen LogP contribution in [0.25, 0.3) is 11.4 Å². The lowest BCUT2D eigenvalue weighted by atomic mass is 9.90. The number of rotatable bonds is 5. The summed E-state index contributed by atoms with van der Waals surface area (Å²) in [4.78, 5) is 31.4. The van der Waals surface area contributed by atoms with Gasteiger partial charge in [0, 0.05) is 36.5 Å². The number of hydrogen-bond acceptors (Lipinski definition) is 6. The summed E-state index contributed by atoms with van der Waals surface area (Å²) in [6.07, 6.45) is 6.44. The third-order valence-corrected chi connectivity index (χ3v) is 5.67. The van der Waals surface area contributed by atoms with Gasteiger partial charge in [-0.1, -0.05) is 30.7 Å². The first kappa shape index (κ1) is 21.1. The fourth-order valence-corrected chi connectivity index (χ4v) is 3.91. The molecule has 1 saturated heterocycles. The Labute approximate surface area is 184 Å². The summed E-state index contributed by atoms with van der Waals surface area (Å²) in [5.74, 6) is 0.469. The average Bonchev–Trinajstić information content (AvgIpc) is 2.79. The molecular weight excluding hydrogens is 419 g/mol. The lowest BCUT2D eigenvalue weighted by Crippen LogP contribution is -2.51. The van der Waals surface area contributed by atoms with Gasteiger partial charge in [0.05, 0.1) is 23.5 Å². The van der Waals surface area contributed by atoms with E-state index in [0.29, 0.717) is 41.1 Å². The maximum absolute atomic E-state index is 13.4. The molecule has 0 radical (unpaired) electrons. The van der Waals surface area contributed by atoms with Gasteiger partial charge in [-0.05, 0) is 30.9 Å². The predicted molar refractivity (Wildman–Crippen MR) is 116 cm³/mol. The molecule has 2 atom stereocenters. The molecule has 31 heavy (non-hydrogen) atoms. The summed E-state index contributed by atoms with van der Waals surface area (Å²) in [6, 6.07) is 8.15. The van der Waals surface area contributed by atoms with Gasteiger partial charge in [0.15, 0.2) is 5.82 Å². The Morgan fingerprint density at radius 1 is 1.19 bits per heavy atom. The van der Waals surface area contributed by atoms with E-state index in [1.807, 2.05) is 4.90 Å². The van der Waals surface area contributed by atoms with E-state index >= 15 is 0 Å². The van der Waals surface area contributed by atoms with E-state index in [0.717, 1.165) is 12.8 Å². The molecule has 1 fully saturated rings. The van der Waals surface area contributed by atoms with Gasteiger partial charge in [-0.3, -0.25) is 4.79 Å². The number of likely N-dealkylation sites (tertiary alicyclic amines) is 1. The number of nitrogens with zero attached hydrogens (tertiary/aromatic N) is 5. The van der Waals surface area contributed by atoms with Gasteiger partial charge in [0.25, 0.3) is 5.91 Å². The predicted octanol–water partition coefficient (Wildman–Crippen LogP) is 4.08. The number of piperidine rings is 1. The largest absolute Gasteiger partial charge is 0.352 e. The monoisotopic (exact) mass is 440 g/mol. The molecule has 4 rings (SSSR count). The third kappa shape index (κ3) is 4.96. The Bertz CT molecular complexity index is 1050. The van der Waals surface area contributed by atoms with E-state index in [-0.39, 0.29) is 17.8 Å². The van der Waals surface area contributed by atoms with Crippen molar-refractivity contribution in [2.45, 2.75) is 25.8 Å². The van der Waals surface area contributed by atoms with Crippen molar-refractivity contribution < 1.29 is 9.18 Å². The summed E-state index contributed by atoms with van der Waals surface area (Å²) in [6.45, 7) is 3.38. The zero-order valence-corrected chi connectivity index (χ0v) is 17.8. The van der Waals surface area contributed by atoms with Crippen LogP contribution in [0.5, 0.6) is 0 Å². The van der Waals surface area contributed by atoms with Crippen LogP contribution < -0.4 is 5.32 Å². The molecule has 9 heteroatoms. The molecular formula is C22H22ClFN6O. The number of anilines is 1.